The highest BCUT2D eigenvalue weighted by Crippen LogP contribution is 2.21. The lowest BCUT2D eigenvalue weighted by molar-refractivity contribution is -0.133. The van der Waals surface area contributed by atoms with E-state index in [0.717, 1.165) is 38.2 Å². The minimum Gasteiger partial charge on any atom is -0.342 e. The number of likely N-dealkylation sites (tertiary alicyclic amines) is 1. The smallest absolute Gasteiger partial charge is 0.236 e. The van der Waals surface area contributed by atoms with Crippen LogP contribution in [0.15, 0.2) is 6.33 Å². The Kier molecular flexibility index (Phi) is 5.43. The summed E-state index contributed by atoms with van der Waals surface area (Å²) in [6, 6.07) is -0.0256. The van der Waals surface area contributed by atoms with E-state index in [1.54, 1.807) is 6.33 Å². The Morgan fingerprint density at radius 2 is 2.04 bits per heavy atom. The van der Waals surface area contributed by atoms with E-state index in [1.165, 1.54) is 0 Å². The van der Waals surface area contributed by atoms with Gasteiger partial charge < -0.3 is 9.47 Å². The molecular formula is C16H27N5O3S. The number of rotatable bonds is 5. The Balaban J connectivity index is 1.44. The number of aromatic nitrogens is 3. The van der Waals surface area contributed by atoms with Gasteiger partial charge >= 0.3 is 0 Å². The van der Waals surface area contributed by atoms with Crippen LogP contribution in [0.2, 0.25) is 0 Å². The van der Waals surface area contributed by atoms with Gasteiger partial charge in [0, 0.05) is 32.6 Å². The Morgan fingerprint density at radius 3 is 2.60 bits per heavy atom. The molecule has 1 aromatic rings. The fourth-order valence-corrected chi connectivity index (χ4v) is 5.51. The number of hydrogen-bond donors (Lipinski definition) is 0. The maximum atomic E-state index is 12.5. The van der Waals surface area contributed by atoms with E-state index in [4.69, 9.17) is 0 Å². The van der Waals surface area contributed by atoms with E-state index in [2.05, 4.69) is 10.2 Å². The van der Waals surface area contributed by atoms with Crippen LogP contribution in [0.4, 0.5) is 0 Å². The average molecular weight is 369 g/mol. The molecule has 1 amide bonds. The van der Waals surface area contributed by atoms with Gasteiger partial charge in [0.25, 0.3) is 0 Å². The van der Waals surface area contributed by atoms with Gasteiger partial charge in [0.2, 0.25) is 5.91 Å². The van der Waals surface area contributed by atoms with E-state index in [1.807, 2.05) is 28.5 Å². The summed E-state index contributed by atoms with van der Waals surface area (Å²) in [6.07, 6.45) is 5.19. The third kappa shape index (κ3) is 4.58. The van der Waals surface area contributed by atoms with Gasteiger partial charge in [-0.05, 0) is 32.2 Å². The molecule has 140 valence electrons. The molecule has 8 nitrogen and oxygen atoms in total. The Morgan fingerprint density at radius 1 is 1.32 bits per heavy atom. The van der Waals surface area contributed by atoms with Crippen LogP contribution >= 0.6 is 0 Å². The fourth-order valence-electron chi connectivity index (χ4n) is 3.70. The van der Waals surface area contributed by atoms with Crippen LogP contribution < -0.4 is 0 Å². The summed E-state index contributed by atoms with van der Waals surface area (Å²) >= 11 is 0. The highest BCUT2D eigenvalue weighted by Gasteiger charge is 2.32. The van der Waals surface area contributed by atoms with E-state index >= 15 is 0 Å². The highest BCUT2D eigenvalue weighted by atomic mass is 32.2. The van der Waals surface area contributed by atoms with Gasteiger partial charge in [0.15, 0.2) is 9.84 Å². The largest absolute Gasteiger partial charge is 0.342 e. The second-order valence-corrected chi connectivity index (χ2v) is 9.59. The van der Waals surface area contributed by atoms with Gasteiger partial charge in [-0.1, -0.05) is 0 Å². The number of sulfone groups is 1. The Hall–Kier alpha value is -1.48. The minimum absolute atomic E-state index is 0.0256. The number of piperidine rings is 1. The first-order valence-electron chi connectivity index (χ1n) is 8.85. The van der Waals surface area contributed by atoms with Crippen LogP contribution in [-0.4, -0.2) is 83.1 Å². The van der Waals surface area contributed by atoms with Crippen molar-refractivity contribution in [2.75, 3.05) is 38.2 Å². The Bertz CT molecular complexity index is 709. The van der Waals surface area contributed by atoms with Crippen molar-refractivity contribution in [1.29, 1.82) is 0 Å². The van der Waals surface area contributed by atoms with E-state index in [-0.39, 0.29) is 23.5 Å². The molecule has 0 aliphatic carbocycles. The van der Waals surface area contributed by atoms with Crippen molar-refractivity contribution in [3.63, 3.8) is 0 Å². The van der Waals surface area contributed by atoms with Gasteiger partial charge in [-0.15, -0.1) is 10.2 Å². The van der Waals surface area contributed by atoms with Crippen LogP contribution in [0.25, 0.3) is 0 Å². The van der Waals surface area contributed by atoms with E-state index in [9.17, 15) is 13.2 Å². The number of carbonyl (C=O) groups excluding carboxylic acids is 1. The molecule has 0 radical (unpaired) electrons. The topological polar surface area (TPSA) is 88.4 Å². The quantitative estimate of drug-likeness (QED) is 0.709. The maximum Gasteiger partial charge on any atom is 0.236 e. The number of nitrogens with zero attached hydrogens (tertiary/aromatic N) is 5. The number of hydrogen-bond acceptors (Lipinski definition) is 6. The molecule has 3 heterocycles. The summed E-state index contributed by atoms with van der Waals surface area (Å²) in [5.41, 5.74) is 0. The predicted molar refractivity (Wildman–Crippen MR) is 93.7 cm³/mol. The van der Waals surface area contributed by atoms with Gasteiger partial charge in [-0.25, -0.2) is 8.42 Å². The van der Waals surface area contributed by atoms with Crippen LogP contribution in [0.3, 0.4) is 0 Å². The third-order valence-electron chi connectivity index (χ3n) is 5.46. The fraction of sp³-hybridized carbons (Fsp3) is 0.812. The molecule has 0 bridgehead atoms. The monoisotopic (exact) mass is 369 g/mol. The van der Waals surface area contributed by atoms with Gasteiger partial charge in [0.1, 0.15) is 12.2 Å². The lowest BCUT2D eigenvalue weighted by atomic mass is 9.93. The van der Waals surface area contributed by atoms with E-state index < -0.39 is 9.84 Å². The lowest BCUT2D eigenvalue weighted by Gasteiger charge is -2.33. The van der Waals surface area contributed by atoms with Gasteiger partial charge in [-0.3, -0.25) is 9.69 Å². The molecule has 1 aromatic heterocycles. The first kappa shape index (κ1) is 18.3. The molecule has 2 aliphatic rings. The zero-order valence-corrected chi connectivity index (χ0v) is 15.8. The summed E-state index contributed by atoms with van der Waals surface area (Å²) in [4.78, 5) is 16.3. The van der Waals surface area contributed by atoms with Crippen LogP contribution in [0.1, 0.15) is 25.1 Å². The zero-order chi connectivity index (χ0) is 18.0. The second-order valence-electron chi connectivity index (χ2n) is 7.36. The number of aryl methyl sites for hydroxylation is 1. The molecule has 25 heavy (non-hydrogen) atoms. The molecule has 0 spiro atoms. The summed E-state index contributed by atoms with van der Waals surface area (Å²) in [5.74, 6) is 2.04. The van der Waals surface area contributed by atoms with Crippen molar-refractivity contribution in [3.05, 3.63) is 12.2 Å². The molecule has 0 saturated carbocycles. The molecule has 2 fully saturated rings. The summed E-state index contributed by atoms with van der Waals surface area (Å²) in [7, 11) is 0.886. The van der Waals surface area contributed by atoms with Crippen LogP contribution in [0.5, 0.6) is 0 Å². The molecule has 3 rings (SSSR count). The van der Waals surface area contributed by atoms with Crippen molar-refractivity contribution in [2.45, 2.75) is 31.7 Å². The first-order valence-corrected chi connectivity index (χ1v) is 10.7. The van der Waals surface area contributed by atoms with Crippen LogP contribution in [-0.2, 0) is 28.1 Å². The highest BCUT2D eigenvalue weighted by molar-refractivity contribution is 7.91. The summed E-state index contributed by atoms with van der Waals surface area (Å²) in [6.45, 7) is 1.82. The van der Waals surface area contributed by atoms with Crippen molar-refractivity contribution in [2.24, 2.45) is 13.0 Å². The van der Waals surface area contributed by atoms with Crippen molar-refractivity contribution < 1.29 is 13.2 Å². The van der Waals surface area contributed by atoms with Crippen molar-refractivity contribution in [1.82, 2.24) is 24.6 Å². The third-order valence-corrected chi connectivity index (χ3v) is 7.21. The number of carbonyl (C=O) groups is 1. The van der Waals surface area contributed by atoms with Crippen molar-refractivity contribution in [3.8, 4) is 0 Å². The second kappa shape index (κ2) is 7.41. The molecule has 1 unspecified atom stereocenters. The molecule has 2 aliphatic heterocycles. The van der Waals surface area contributed by atoms with Gasteiger partial charge in [0.05, 0.1) is 18.1 Å². The number of likely N-dealkylation sites (N-methyl/N-ethyl adjacent to an activating group) is 1. The average Bonchev–Trinajstić information content (AvgIpc) is 3.13. The van der Waals surface area contributed by atoms with Crippen molar-refractivity contribution >= 4 is 15.7 Å². The summed E-state index contributed by atoms with van der Waals surface area (Å²) < 4.78 is 25.1. The SMILES string of the molecule is CN(CC(=O)N1CCC(Cc2nncn2C)CC1)C1CCS(=O)(=O)C1. The van der Waals surface area contributed by atoms with E-state index in [0.29, 0.717) is 18.9 Å². The maximum absolute atomic E-state index is 12.5. The standard InChI is InChI=1S/C16H27N5O3S/c1-19(14-5-8-25(23,24)11-14)10-16(22)21-6-3-13(4-7-21)9-15-18-17-12-20(15)2/h12-14H,3-11H2,1-2H3. The van der Waals surface area contributed by atoms with Gasteiger partial charge in [-0.2, -0.15) is 0 Å². The molecule has 0 N–H and O–H groups in total. The lowest BCUT2D eigenvalue weighted by Crippen LogP contribution is -2.46. The molecule has 0 aromatic carbocycles. The normalized spacial score (nSPS) is 24.1. The first-order chi connectivity index (χ1) is 11.8. The molecule has 9 heteroatoms. The minimum atomic E-state index is -2.92. The predicted octanol–water partition coefficient (Wildman–Crippen LogP) is -0.285. The van der Waals surface area contributed by atoms with Crippen LogP contribution in [0, 0.1) is 5.92 Å². The Labute approximate surface area is 149 Å². The number of amides is 1. The molecule has 1 atom stereocenters. The summed E-state index contributed by atoms with van der Waals surface area (Å²) in [5, 5.41) is 8.05. The molecular weight excluding hydrogens is 342 g/mol. The molecule has 2 saturated heterocycles. The zero-order valence-electron chi connectivity index (χ0n) is 15.0.